The molecule has 3 aromatic carbocycles. The van der Waals surface area contributed by atoms with Crippen molar-refractivity contribution in [2.75, 3.05) is 0 Å². The molecule has 0 aliphatic heterocycles. The minimum absolute atomic E-state index is 0.138. The van der Waals surface area contributed by atoms with Crippen LogP contribution in [-0.2, 0) is 0 Å². The molecule has 0 heterocycles. The fourth-order valence-corrected chi connectivity index (χ4v) is 2.95. The number of hydrazone groups is 1. The van der Waals surface area contributed by atoms with Crippen molar-refractivity contribution in [2.24, 2.45) is 5.10 Å². The Morgan fingerprint density at radius 1 is 1.03 bits per heavy atom. The van der Waals surface area contributed by atoms with Crippen molar-refractivity contribution >= 4 is 47.0 Å². The molecule has 0 radical (unpaired) electrons. The van der Waals surface area contributed by atoms with Gasteiger partial charge in [-0.2, -0.15) is 5.10 Å². The van der Waals surface area contributed by atoms with Crippen LogP contribution in [0.1, 0.15) is 26.3 Å². The highest BCUT2D eigenvalue weighted by Gasteiger charge is 2.13. The van der Waals surface area contributed by atoms with Crippen LogP contribution in [0, 0.1) is 10.1 Å². The normalized spacial score (nSPS) is 10.6. The van der Waals surface area contributed by atoms with Crippen LogP contribution >= 0.6 is 23.2 Å². The minimum Gasteiger partial charge on any atom is -0.422 e. The van der Waals surface area contributed by atoms with Gasteiger partial charge in [0.1, 0.15) is 5.75 Å². The maximum absolute atomic E-state index is 12.3. The van der Waals surface area contributed by atoms with E-state index in [-0.39, 0.29) is 27.6 Å². The molecule has 0 unspecified atom stereocenters. The number of hydrogen-bond donors (Lipinski definition) is 1. The molecule has 1 amide bonds. The van der Waals surface area contributed by atoms with Gasteiger partial charge < -0.3 is 4.74 Å². The number of rotatable bonds is 6. The second-order valence-corrected chi connectivity index (χ2v) is 6.90. The molecular weight excluding hydrogens is 445 g/mol. The molecule has 0 fully saturated rings. The number of hydrogen-bond acceptors (Lipinski definition) is 6. The third-order valence-corrected chi connectivity index (χ3v) is 4.53. The van der Waals surface area contributed by atoms with Gasteiger partial charge in [0.25, 0.3) is 11.6 Å². The van der Waals surface area contributed by atoms with E-state index >= 15 is 0 Å². The number of non-ortho nitro benzene ring substituents is 1. The molecule has 0 saturated heterocycles. The van der Waals surface area contributed by atoms with Crippen LogP contribution in [0.3, 0.4) is 0 Å². The zero-order valence-electron chi connectivity index (χ0n) is 15.6. The van der Waals surface area contributed by atoms with E-state index in [4.69, 9.17) is 27.9 Å². The Kier molecular flexibility index (Phi) is 6.96. The SMILES string of the molecule is O=C(Oc1ccccc1/C=N\NC(=O)c1ccc(Cl)cc1Cl)c1ccc([N+](=O)[O-])cc1. The van der Waals surface area contributed by atoms with Crippen LogP contribution in [0.25, 0.3) is 0 Å². The lowest BCUT2D eigenvalue weighted by Crippen LogP contribution is -2.18. The quantitative estimate of drug-likeness (QED) is 0.186. The Morgan fingerprint density at radius 3 is 2.42 bits per heavy atom. The predicted molar refractivity (Wildman–Crippen MR) is 116 cm³/mol. The molecule has 3 rings (SSSR count). The van der Waals surface area contributed by atoms with E-state index in [2.05, 4.69) is 10.5 Å². The fraction of sp³-hybridized carbons (Fsp3) is 0. The fourth-order valence-electron chi connectivity index (χ4n) is 2.45. The number of benzene rings is 3. The minimum atomic E-state index is -0.701. The Morgan fingerprint density at radius 2 is 1.74 bits per heavy atom. The van der Waals surface area contributed by atoms with E-state index in [1.807, 2.05) is 0 Å². The molecule has 0 spiro atoms. The van der Waals surface area contributed by atoms with E-state index < -0.39 is 16.8 Å². The molecule has 0 aromatic heterocycles. The summed E-state index contributed by atoms with van der Waals surface area (Å²) >= 11 is 11.8. The first-order valence-corrected chi connectivity index (χ1v) is 9.45. The number of para-hydroxylation sites is 1. The third-order valence-electron chi connectivity index (χ3n) is 3.98. The second-order valence-electron chi connectivity index (χ2n) is 6.05. The van der Waals surface area contributed by atoms with Gasteiger partial charge in [0.05, 0.1) is 27.3 Å². The van der Waals surface area contributed by atoms with Crippen LogP contribution in [0.15, 0.2) is 71.8 Å². The number of ether oxygens (including phenoxy) is 1. The van der Waals surface area contributed by atoms with Gasteiger partial charge in [-0.25, -0.2) is 10.2 Å². The van der Waals surface area contributed by atoms with Crippen molar-refractivity contribution in [1.82, 2.24) is 5.43 Å². The summed E-state index contributed by atoms with van der Waals surface area (Å²) in [6.45, 7) is 0. The topological polar surface area (TPSA) is 111 Å². The molecule has 31 heavy (non-hydrogen) atoms. The number of nitro groups is 1. The zero-order chi connectivity index (χ0) is 22.4. The molecule has 0 saturated carbocycles. The molecule has 1 N–H and O–H groups in total. The van der Waals surface area contributed by atoms with Crippen LogP contribution < -0.4 is 10.2 Å². The van der Waals surface area contributed by atoms with Gasteiger partial charge in [-0.05, 0) is 42.5 Å². The van der Waals surface area contributed by atoms with Crippen LogP contribution in [-0.4, -0.2) is 23.0 Å². The second kappa shape index (κ2) is 9.84. The summed E-state index contributed by atoms with van der Waals surface area (Å²) in [5.41, 5.74) is 2.95. The summed E-state index contributed by atoms with van der Waals surface area (Å²) in [7, 11) is 0. The zero-order valence-corrected chi connectivity index (χ0v) is 17.1. The van der Waals surface area contributed by atoms with Crippen LogP contribution in [0.5, 0.6) is 5.75 Å². The van der Waals surface area contributed by atoms with Crippen LogP contribution in [0.2, 0.25) is 10.0 Å². The summed E-state index contributed by atoms with van der Waals surface area (Å²) in [6.07, 6.45) is 1.31. The lowest BCUT2D eigenvalue weighted by molar-refractivity contribution is -0.384. The number of nitrogens with zero attached hydrogens (tertiary/aromatic N) is 2. The Balaban J connectivity index is 1.70. The number of halogens is 2. The van der Waals surface area contributed by atoms with E-state index in [0.29, 0.717) is 10.6 Å². The van der Waals surface area contributed by atoms with E-state index in [1.54, 1.807) is 24.3 Å². The number of esters is 1. The Hall–Kier alpha value is -3.75. The highest BCUT2D eigenvalue weighted by atomic mass is 35.5. The monoisotopic (exact) mass is 457 g/mol. The number of nitro benzene ring substituents is 1. The molecule has 8 nitrogen and oxygen atoms in total. The van der Waals surface area contributed by atoms with Gasteiger partial charge in [0.15, 0.2) is 0 Å². The molecule has 156 valence electrons. The van der Waals surface area contributed by atoms with Crippen molar-refractivity contribution in [2.45, 2.75) is 0 Å². The summed E-state index contributed by atoms with van der Waals surface area (Å²) in [4.78, 5) is 34.7. The van der Waals surface area contributed by atoms with E-state index in [9.17, 15) is 19.7 Å². The Labute approximate surface area is 186 Å². The lowest BCUT2D eigenvalue weighted by atomic mass is 10.2. The average molecular weight is 458 g/mol. The van der Waals surface area contributed by atoms with E-state index in [1.165, 1.54) is 48.7 Å². The number of nitrogens with one attached hydrogen (secondary N) is 1. The third kappa shape index (κ3) is 5.65. The van der Waals surface area contributed by atoms with Gasteiger partial charge in [0, 0.05) is 22.7 Å². The highest BCUT2D eigenvalue weighted by Crippen LogP contribution is 2.21. The van der Waals surface area contributed by atoms with Crippen LogP contribution in [0.4, 0.5) is 5.69 Å². The number of carbonyl (C=O) groups is 2. The van der Waals surface area contributed by atoms with Gasteiger partial charge in [-0.15, -0.1) is 0 Å². The summed E-state index contributed by atoms with van der Waals surface area (Å²) in [6, 6.07) is 16.0. The van der Waals surface area contributed by atoms with Gasteiger partial charge in [0.2, 0.25) is 0 Å². The standard InChI is InChI=1S/C21H13Cl2N3O5/c22-15-7-10-17(18(23)11-15)20(27)25-24-12-14-3-1-2-4-19(14)31-21(28)13-5-8-16(9-6-13)26(29)30/h1-12H,(H,25,27)/b24-12-. The maximum Gasteiger partial charge on any atom is 0.343 e. The molecule has 0 aliphatic carbocycles. The van der Waals surface area contributed by atoms with Gasteiger partial charge in [-0.1, -0.05) is 35.3 Å². The average Bonchev–Trinajstić information content (AvgIpc) is 2.74. The summed E-state index contributed by atoms with van der Waals surface area (Å²) in [5, 5.41) is 15.2. The largest absolute Gasteiger partial charge is 0.422 e. The lowest BCUT2D eigenvalue weighted by Gasteiger charge is -2.07. The van der Waals surface area contributed by atoms with Crippen molar-refractivity contribution in [1.29, 1.82) is 0 Å². The molecule has 3 aromatic rings. The molecule has 0 bridgehead atoms. The Bertz CT molecular complexity index is 1180. The first-order chi connectivity index (χ1) is 14.8. The molecule has 0 aliphatic rings. The first kappa shape index (κ1) is 21.9. The molecule has 0 atom stereocenters. The number of amides is 1. The summed E-state index contributed by atoms with van der Waals surface area (Å²) < 4.78 is 5.36. The highest BCUT2D eigenvalue weighted by molar-refractivity contribution is 6.36. The maximum atomic E-state index is 12.3. The van der Waals surface area contributed by atoms with Crippen molar-refractivity contribution < 1.29 is 19.2 Å². The van der Waals surface area contributed by atoms with Gasteiger partial charge >= 0.3 is 5.97 Å². The predicted octanol–water partition coefficient (Wildman–Crippen LogP) is 4.88. The van der Waals surface area contributed by atoms with Gasteiger partial charge in [-0.3, -0.25) is 14.9 Å². The van der Waals surface area contributed by atoms with E-state index in [0.717, 1.165) is 0 Å². The smallest absolute Gasteiger partial charge is 0.343 e. The summed E-state index contributed by atoms with van der Waals surface area (Å²) in [5.74, 6) is -1.06. The van der Waals surface area contributed by atoms with Crippen molar-refractivity contribution in [3.8, 4) is 5.75 Å². The first-order valence-electron chi connectivity index (χ1n) is 8.69. The van der Waals surface area contributed by atoms with Crippen molar-refractivity contribution in [3.63, 3.8) is 0 Å². The van der Waals surface area contributed by atoms with Crippen molar-refractivity contribution in [3.05, 3.63) is 104 Å². The molecular formula is C21H13Cl2N3O5. The number of carbonyl (C=O) groups excluding carboxylic acids is 2. The molecule has 10 heteroatoms.